The van der Waals surface area contributed by atoms with E-state index in [1.54, 1.807) is 23.3 Å². The average molecular weight is 329 g/mol. The minimum Gasteiger partial charge on any atom is -0.336 e. The molecule has 0 aliphatic carbocycles. The van der Waals surface area contributed by atoms with E-state index >= 15 is 0 Å². The summed E-state index contributed by atoms with van der Waals surface area (Å²) >= 11 is 3.45. The number of carbonyl (C=O) groups is 1. The molecule has 1 saturated heterocycles. The number of carbonyl (C=O) groups excluding carboxylic acids is 1. The van der Waals surface area contributed by atoms with Gasteiger partial charge >= 0.3 is 0 Å². The molecule has 21 heavy (non-hydrogen) atoms. The number of hydrogen-bond acceptors (Lipinski definition) is 4. The summed E-state index contributed by atoms with van der Waals surface area (Å²) in [5.41, 5.74) is 1.01. The number of hydrogen-bond donors (Lipinski definition) is 1. The van der Waals surface area contributed by atoms with Crippen molar-refractivity contribution in [2.24, 2.45) is 0 Å². The highest BCUT2D eigenvalue weighted by Crippen LogP contribution is 2.32. The molecule has 0 saturated carbocycles. The molecule has 3 nitrogen and oxygen atoms in total. The van der Waals surface area contributed by atoms with Crippen LogP contribution in [0.1, 0.15) is 54.7 Å². The average Bonchev–Trinajstić information content (AvgIpc) is 2.66. The Hall–Kier alpha value is -0.520. The van der Waals surface area contributed by atoms with E-state index in [1.165, 1.54) is 4.88 Å². The lowest BCUT2D eigenvalue weighted by atomic mass is 9.94. The molecule has 0 radical (unpaired) electrons. The molecule has 120 valence electrons. The Morgan fingerprint density at radius 3 is 2.52 bits per heavy atom. The van der Waals surface area contributed by atoms with E-state index in [2.05, 4.69) is 38.5 Å². The number of rotatable bonds is 1. The summed E-state index contributed by atoms with van der Waals surface area (Å²) in [4.78, 5) is 17.0. The predicted molar refractivity (Wildman–Crippen MR) is 95.5 cm³/mol. The predicted octanol–water partition coefficient (Wildman–Crippen LogP) is 4.07. The summed E-state index contributed by atoms with van der Waals surface area (Å²) < 4.78 is 3.25. The van der Waals surface area contributed by atoms with Gasteiger partial charge in [0.25, 0.3) is 5.91 Å². The number of nitrogens with zero attached hydrogens (tertiary/aromatic N) is 1. The summed E-state index contributed by atoms with van der Waals surface area (Å²) in [5, 5.41) is 0. The highest BCUT2D eigenvalue weighted by Gasteiger charge is 2.24. The first kappa shape index (κ1) is 18.5. The lowest BCUT2D eigenvalue weighted by molar-refractivity contribution is 0.0771. The van der Waals surface area contributed by atoms with Crippen LogP contribution in [0, 0.1) is 6.92 Å². The van der Waals surface area contributed by atoms with Crippen molar-refractivity contribution in [3.63, 3.8) is 0 Å². The third-order valence-electron chi connectivity index (χ3n) is 3.22. The van der Waals surface area contributed by atoms with Crippen LogP contribution in [0.4, 0.5) is 0 Å². The van der Waals surface area contributed by atoms with Crippen LogP contribution in [0.25, 0.3) is 0 Å². The van der Waals surface area contributed by atoms with Gasteiger partial charge in [-0.1, -0.05) is 46.6 Å². The van der Waals surface area contributed by atoms with Gasteiger partial charge < -0.3 is 4.90 Å². The zero-order chi connectivity index (χ0) is 16.0. The zero-order valence-corrected chi connectivity index (χ0v) is 15.7. The fourth-order valence-electron chi connectivity index (χ4n) is 2.03. The van der Waals surface area contributed by atoms with Crippen LogP contribution < -0.4 is 4.72 Å². The van der Waals surface area contributed by atoms with Crippen LogP contribution in [0.2, 0.25) is 0 Å². The van der Waals surface area contributed by atoms with Crippen LogP contribution in [-0.2, 0) is 5.41 Å². The molecule has 0 aromatic carbocycles. The van der Waals surface area contributed by atoms with Crippen molar-refractivity contribution >= 4 is 29.2 Å². The smallest absolute Gasteiger partial charge is 0.255 e. The molecule has 1 aliphatic rings. The van der Waals surface area contributed by atoms with Gasteiger partial charge in [0.05, 0.1) is 5.56 Å². The summed E-state index contributed by atoms with van der Waals surface area (Å²) in [5.74, 6) is 1.15. The molecular formula is C16H28N2OS2. The minimum absolute atomic E-state index is 0.115. The van der Waals surface area contributed by atoms with E-state index < -0.39 is 0 Å². The van der Waals surface area contributed by atoms with E-state index in [1.807, 2.05) is 18.7 Å². The number of aryl methyl sites for hydroxylation is 1. The molecule has 0 bridgehead atoms. The van der Waals surface area contributed by atoms with Crippen LogP contribution in [0.3, 0.4) is 0 Å². The topological polar surface area (TPSA) is 32.3 Å². The maximum absolute atomic E-state index is 12.6. The second-order valence-electron chi connectivity index (χ2n) is 5.87. The quantitative estimate of drug-likeness (QED) is 0.789. The van der Waals surface area contributed by atoms with Crippen molar-refractivity contribution in [1.29, 1.82) is 0 Å². The second kappa shape index (κ2) is 8.20. The van der Waals surface area contributed by atoms with Crippen molar-refractivity contribution in [3.8, 4) is 0 Å². The van der Waals surface area contributed by atoms with Gasteiger partial charge in [0, 0.05) is 35.1 Å². The van der Waals surface area contributed by atoms with Crippen molar-refractivity contribution < 1.29 is 4.79 Å². The van der Waals surface area contributed by atoms with E-state index in [4.69, 9.17) is 0 Å². The van der Waals surface area contributed by atoms with Gasteiger partial charge in [-0.05, 0) is 18.4 Å². The SMILES string of the molecule is CC.Cc1sc(C(C)(C)C)cc1C(=O)N1CCNSCC1. The number of thiophene rings is 1. The van der Waals surface area contributed by atoms with Crippen LogP contribution in [0.5, 0.6) is 0 Å². The maximum Gasteiger partial charge on any atom is 0.255 e. The van der Waals surface area contributed by atoms with E-state index in [0.717, 1.165) is 35.8 Å². The highest BCUT2D eigenvalue weighted by molar-refractivity contribution is 7.97. The molecule has 2 heterocycles. The van der Waals surface area contributed by atoms with Gasteiger partial charge in [0.1, 0.15) is 0 Å². The molecular weight excluding hydrogens is 300 g/mol. The Bertz CT molecular complexity index is 455. The summed E-state index contributed by atoms with van der Waals surface area (Å²) in [6.07, 6.45) is 0. The maximum atomic E-state index is 12.6. The van der Waals surface area contributed by atoms with Crippen LogP contribution in [0.15, 0.2) is 6.07 Å². The van der Waals surface area contributed by atoms with Gasteiger partial charge in [0.2, 0.25) is 0 Å². The van der Waals surface area contributed by atoms with Crippen LogP contribution >= 0.6 is 23.3 Å². The molecule has 0 spiro atoms. The molecule has 1 aromatic rings. The molecule has 1 aliphatic heterocycles. The van der Waals surface area contributed by atoms with Gasteiger partial charge in [-0.15, -0.1) is 11.3 Å². The van der Waals surface area contributed by atoms with Crippen molar-refractivity contribution in [3.05, 3.63) is 21.4 Å². The minimum atomic E-state index is 0.115. The van der Waals surface area contributed by atoms with E-state index in [9.17, 15) is 4.79 Å². The first-order valence-electron chi connectivity index (χ1n) is 7.64. The first-order chi connectivity index (χ1) is 9.89. The van der Waals surface area contributed by atoms with Gasteiger partial charge in [-0.2, -0.15) is 0 Å². The Balaban J connectivity index is 0.00000106. The van der Waals surface area contributed by atoms with Crippen molar-refractivity contribution in [1.82, 2.24) is 9.62 Å². The number of amides is 1. The fraction of sp³-hybridized carbons (Fsp3) is 0.688. The molecule has 1 aromatic heterocycles. The van der Waals surface area contributed by atoms with E-state index in [-0.39, 0.29) is 11.3 Å². The Morgan fingerprint density at radius 1 is 1.29 bits per heavy atom. The lowest BCUT2D eigenvalue weighted by Gasteiger charge is -2.19. The molecule has 1 amide bonds. The molecule has 2 rings (SSSR count). The second-order valence-corrected chi connectivity index (χ2v) is 8.11. The fourth-order valence-corrected chi connectivity index (χ4v) is 3.79. The largest absolute Gasteiger partial charge is 0.336 e. The third kappa shape index (κ3) is 5.01. The zero-order valence-electron chi connectivity index (χ0n) is 14.1. The molecule has 0 atom stereocenters. The van der Waals surface area contributed by atoms with Crippen molar-refractivity contribution in [2.45, 2.75) is 47.0 Å². The first-order valence-corrected chi connectivity index (χ1v) is 9.44. The highest BCUT2D eigenvalue weighted by atomic mass is 32.2. The lowest BCUT2D eigenvalue weighted by Crippen LogP contribution is -2.34. The van der Waals surface area contributed by atoms with Gasteiger partial charge in [-0.25, -0.2) is 0 Å². The van der Waals surface area contributed by atoms with Gasteiger partial charge in [0.15, 0.2) is 0 Å². The molecule has 5 heteroatoms. The van der Waals surface area contributed by atoms with Crippen molar-refractivity contribution in [2.75, 3.05) is 25.4 Å². The van der Waals surface area contributed by atoms with Crippen LogP contribution in [-0.4, -0.2) is 36.2 Å². The monoisotopic (exact) mass is 328 g/mol. The molecule has 0 unspecified atom stereocenters. The van der Waals surface area contributed by atoms with Gasteiger partial charge in [-0.3, -0.25) is 9.52 Å². The molecule has 1 fully saturated rings. The normalized spacial score (nSPS) is 16.0. The third-order valence-corrected chi connectivity index (χ3v) is 5.49. The summed E-state index contributed by atoms with van der Waals surface area (Å²) in [6, 6.07) is 2.09. The Kier molecular flexibility index (Phi) is 7.24. The summed E-state index contributed by atoms with van der Waals surface area (Å²) in [6.45, 7) is 15.1. The summed E-state index contributed by atoms with van der Waals surface area (Å²) in [7, 11) is 0. The standard InChI is InChI=1S/C14H22N2OS2.C2H6/c1-10-11(9-12(19-10)14(2,3)4)13(17)16-6-5-15-18-8-7-16;1-2/h9,15H,5-8H2,1-4H3;1-2H3. The Morgan fingerprint density at radius 2 is 1.95 bits per heavy atom. The van der Waals surface area contributed by atoms with E-state index in [0.29, 0.717) is 0 Å². The number of nitrogens with one attached hydrogen (secondary N) is 1. The Labute approximate surface area is 137 Å². The molecule has 1 N–H and O–H groups in total.